The molecule has 0 fully saturated rings. The molecule has 0 aliphatic heterocycles. The van der Waals surface area contributed by atoms with Crippen LogP contribution in [0.2, 0.25) is 0 Å². The van der Waals surface area contributed by atoms with Crippen LogP contribution in [0.1, 0.15) is 0 Å². The molecule has 2 heteroatoms. The zero-order chi connectivity index (χ0) is 38.4. The highest BCUT2D eigenvalue weighted by Crippen LogP contribution is 2.44. The van der Waals surface area contributed by atoms with Crippen LogP contribution in [0.5, 0.6) is 0 Å². The number of hydrogen-bond donors (Lipinski definition) is 0. The van der Waals surface area contributed by atoms with E-state index in [4.69, 9.17) is 0 Å². The molecular weight excluding hydrogens is 701 g/mol. The molecule has 1 aromatic heterocycles. The van der Waals surface area contributed by atoms with Crippen molar-refractivity contribution in [1.29, 1.82) is 0 Å². The Kier molecular flexibility index (Phi) is 8.19. The van der Waals surface area contributed by atoms with Crippen molar-refractivity contribution in [3.8, 4) is 39.1 Å². The molecule has 0 saturated heterocycles. The Labute approximate surface area is 338 Å². The van der Waals surface area contributed by atoms with Crippen LogP contribution in [0.4, 0.5) is 17.1 Å². The van der Waals surface area contributed by atoms with Crippen molar-refractivity contribution in [2.45, 2.75) is 0 Å². The molecule has 0 N–H and O–H groups in total. The Balaban J connectivity index is 1.13. The molecule has 0 unspecified atom stereocenters. The summed E-state index contributed by atoms with van der Waals surface area (Å²) >= 11 is 0. The number of nitrogens with zero attached hydrogens (tertiary/aromatic N) is 2. The molecule has 11 aromatic rings. The highest BCUT2D eigenvalue weighted by Gasteiger charge is 2.20. The van der Waals surface area contributed by atoms with Gasteiger partial charge in [0.2, 0.25) is 0 Å². The van der Waals surface area contributed by atoms with Gasteiger partial charge < -0.3 is 9.47 Å². The maximum Gasteiger partial charge on any atom is 0.0547 e. The topological polar surface area (TPSA) is 8.17 Å². The average Bonchev–Trinajstić information content (AvgIpc) is 3.64. The summed E-state index contributed by atoms with van der Waals surface area (Å²) in [4.78, 5) is 2.41. The quantitative estimate of drug-likeness (QED) is 0.148. The first kappa shape index (κ1) is 33.6. The number of rotatable bonds is 7. The van der Waals surface area contributed by atoms with Gasteiger partial charge in [0.15, 0.2) is 0 Å². The minimum atomic E-state index is 1.09. The SMILES string of the molecule is c1ccc(-c2cccc(N(c3ccc(-c4cc5ccccc5c5ccccc45)cc3)c3ccc4c(c3)c3c(-c5ccccc5)cccc3n4-c3ccccc3)c2)cc1. The second-order valence-electron chi connectivity index (χ2n) is 14.9. The van der Waals surface area contributed by atoms with Crippen LogP contribution in [0.3, 0.4) is 0 Å². The number of aromatic nitrogens is 1. The van der Waals surface area contributed by atoms with Gasteiger partial charge in [-0.2, -0.15) is 0 Å². The lowest BCUT2D eigenvalue weighted by Crippen LogP contribution is -2.10. The molecule has 0 aliphatic carbocycles. The second-order valence-corrected chi connectivity index (χ2v) is 14.9. The van der Waals surface area contributed by atoms with Gasteiger partial charge in [0, 0.05) is 33.5 Å². The zero-order valence-electron chi connectivity index (χ0n) is 31.8. The number of anilines is 3. The van der Waals surface area contributed by atoms with Gasteiger partial charge >= 0.3 is 0 Å². The molecule has 58 heavy (non-hydrogen) atoms. The van der Waals surface area contributed by atoms with E-state index < -0.39 is 0 Å². The van der Waals surface area contributed by atoms with Gasteiger partial charge in [-0.3, -0.25) is 0 Å². The molecule has 2 nitrogen and oxygen atoms in total. The van der Waals surface area contributed by atoms with Gasteiger partial charge in [-0.05, 0) is 122 Å². The monoisotopic (exact) mass is 738 g/mol. The molecule has 272 valence electrons. The van der Waals surface area contributed by atoms with Crippen molar-refractivity contribution >= 4 is 60.4 Å². The van der Waals surface area contributed by atoms with Gasteiger partial charge in [-0.15, -0.1) is 0 Å². The van der Waals surface area contributed by atoms with Gasteiger partial charge in [0.1, 0.15) is 0 Å². The molecule has 0 amide bonds. The molecule has 11 rings (SSSR count). The van der Waals surface area contributed by atoms with Gasteiger partial charge in [-0.25, -0.2) is 0 Å². The first-order valence-electron chi connectivity index (χ1n) is 19.9. The van der Waals surface area contributed by atoms with E-state index in [-0.39, 0.29) is 0 Å². The first-order chi connectivity index (χ1) is 28.8. The summed E-state index contributed by atoms with van der Waals surface area (Å²) in [5, 5.41) is 7.51. The largest absolute Gasteiger partial charge is 0.310 e. The Morgan fingerprint density at radius 1 is 0.293 bits per heavy atom. The Hall–Kier alpha value is -7.68. The minimum absolute atomic E-state index is 1.09. The Bertz CT molecular complexity index is 3250. The smallest absolute Gasteiger partial charge is 0.0547 e. The van der Waals surface area contributed by atoms with E-state index in [9.17, 15) is 0 Å². The van der Waals surface area contributed by atoms with Crippen LogP contribution in [-0.4, -0.2) is 4.57 Å². The standard InChI is InChI=1S/C56H38N2/c1-4-16-39(17-5-1)42-21-14-24-46(36-42)57(45-32-30-41(31-33-45)52-37-43-20-10-11-25-48(43)50-26-12-13-27-51(50)52)47-34-35-54-53(38-47)56-49(40-18-6-2-7-19-40)28-15-29-55(56)58(54)44-22-8-3-9-23-44/h1-38H. The molecule has 10 aromatic carbocycles. The van der Waals surface area contributed by atoms with Crippen LogP contribution < -0.4 is 4.90 Å². The van der Waals surface area contributed by atoms with Crippen LogP contribution >= 0.6 is 0 Å². The summed E-state index contributed by atoms with van der Waals surface area (Å²) in [6, 6.07) is 83.7. The van der Waals surface area contributed by atoms with Gasteiger partial charge in [0.05, 0.1) is 11.0 Å². The van der Waals surface area contributed by atoms with Crippen LogP contribution in [0, 0.1) is 0 Å². The number of para-hydroxylation sites is 1. The van der Waals surface area contributed by atoms with E-state index in [0.717, 1.165) is 22.7 Å². The predicted octanol–water partition coefficient (Wildman–Crippen LogP) is 15.6. The third kappa shape index (κ3) is 5.74. The summed E-state index contributed by atoms with van der Waals surface area (Å²) in [6.45, 7) is 0. The third-order valence-electron chi connectivity index (χ3n) is 11.5. The molecule has 0 saturated carbocycles. The van der Waals surface area contributed by atoms with Crippen molar-refractivity contribution in [1.82, 2.24) is 4.57 Å². The van der Waals surface area contributed by atoms with E-state index in [0.29, 0.717) is 0 Å². The maximum atomic E-state index is 2.41. The van der Waals surface area contributed by atoms with Crippen molar-refractivity contribution in [2.24, 2.45) is 0 Å². The van der Waals surface area contributed by atoms with Crippen LogP contribution in [0.15, 0.2) is 231 Å². The number of benzene rings is 10. The highest BCUT2D eigenvalue weighted by molar-refractivity contribution is 6.17. The lowest BCUT2D eigenvalue weighted by atomic mass is 9.93. The summed E-state index contributed by atoms with van der Waals surface area (Å²) < 4.78 is 2.41. The summed E-state index contributed by atoms with van der Waals surface area (Å²) in [5.74, 6) is 0. The van der Waals surface area contributed by atoms with Crippen LogP contribution in [0.25, 0.3) is 82.4 Å². The lowest BCUT2D eigenvalue weighted by molar-refractivity contribution is 1.18. The molecule has 0 radical (unpaired) electrons. The second kappa shape index (κ2) is 14.1. The molecule has 0 spiro atoms. The summed E-state index contributed by atoms with van der Waals surface area (Å²) in [5.41, 5.74) is 14.0. The predicted molar refractivity (Wildman–Crippen MR) is 247 cm³/mol. The van der Waals surface area contributed by atoms with Gasteiger partial charge in [-0.1, -0.05) is 164 Å². The van der Waals surface area contributed by atoms with Crippen molar-refractivity contribution in [2.75, 3.05) is 4.90 Å². The van der Waals surface area contributed by atoms with Crippen molar-refractivity contribution in [3.63, 3.8) is 0 Å². The Morgan fingerprint density at radius 2 is 0.879 bits per heavy atom. The summed E-state index contributed by atoms with van der Waals surface area (Å²) in [7, 11) is 0. The maximum absolute atomic E-state index is 2.41. The molecule has 0 aliphatic rings. The Morgan fingerprint density at radius 3 is 1.66 bits per heavy atom. The molecule has 1 heterocycles. The normalized spacial score (nSPS) is 11.4. The fraction of sp³-hybridized carbons (Fsp3) is 0. The van der Waals surface area contributed by atoms with E-state index in [1.807, 2.05) is 0 Å². The lowest BCUT2D eigenvalue weighted by Gasteiger charge is -2.26. The fourth-order valence-electron chi connectivity index (χ4n) is 8.90. The fourth-order valence-corrected chi connectivity index (χ4v) is 8.90. The van der Waals surface area contributed by atoms with E-state index in [1.165, 1.54) is 76.7 Å². The number of hydrogen-bond acceptors (Lipinski definition) is 1. The van der Waals surface area contributed by atoms with E-state index >= 15 is 0 Å². The number of fused-ring (bicyclic) bond motifs is 6. The van der Waals surface area contributed by atoms with Crippen LogP contribution in [-0.2, 0) is 0 Å². The van der Waals surface area contributed by atoms with E-state index in [1.54, 1.807) is 0 Å². The highest BCUT2D eigenvalue weighted by atomic mass is 15.1. The van der Waals surface area contributed by atoms with Crippen molar-refractivity contribution in [3.05, 3.63) is 231 Å². The van der Waals surface area contributed by atoms with Crippen molar-refractivity contribution < 1.29 is 0 Å². The first-order valence-corrected chi connectivity index (χ1v) is 19.9. The van der Waals surface area contributed by atoms with Gasteiger partial charge in [0.25, 0.3) is 0 Å². The minimum Gasteiger partial charge on any atom is -0.310 e. The molecule has 0 atom stereocenters. The average molecular weight is 739 g/mol. The zero-order valence-corrected chi connectivity index (χ0v) is 31.8. The van der Waals surface area contributed by atoms with E-state index in [2.05, 4.69) is 240 Å². The third-order valence-corrected chi connectivity index (χ3v) is 11.5. The molecular formula is C56H38N2. The molecule has 0 bridgehead atoms. The summed E-state index contributed by atoms with van der Waals surface area (Å²) in [6.07, 6.45) is 0.